The number of Topliss-reactive ketones (excluding diaryl/α,β-unsaturated/α-hetero) is 3. The molecule has 4 aliphatic rings. The molecular formula is C37H44BrNO12. The maximum Gasteiger partial charge on any atom is 0.312 e. The molecule has 4 N–H and O–H groups in total. The van der Waals surface area contributed by atoms with E-state index in [-0.39, 0.29) is 26.9 Å². The Hall–Kier alpha value is -4.11. The number of hydrogen-bond donors (Lipinski definition) is 4. The zero-order valence-electron chi connectivity index (χ0n) is 29.9. The summed E-state index contributed by atoms with van der Waals surface area (Å²) in [5.74, 6) is -9.18. The second-order valence-corrected chi connectivity index (χ2v) is 14.3. The first kappa shape index (κ1) is 39.7. The molecule has 3 aliphatic heterocycles. The number of phenolic OH excluding ortho intramolecular Hbond substituents is 1. The van der Waals surface area contributed by atoms with Crippen molar-refractivity contribution in [2.75, 3.05) is 7.11 Å². The Morgan fingerprint density at radius 2 is 1.59 bits per heavy atom. The van der Waals surface area contributed by atoms with Gasteiger partial charge in [-0.05, 0) is 35.9 Å². The molecule has 5 bridgehead atoms. The zero-order valence-corrected chi connectivity index (χ0v) is 31.5. The van der Waals surface area contributed by atoms with Crippen LogP contribution in [0.2, 0.25) is 0 Å². The minimum absolute atomic E-state index is 0.00400. The number of carbonyl (C=O) groups is 5. The molecule has 0 spiro atoms. The number of phenols is 1. The van der Waals surface area contributed by atoms with E-state index >= 15 is 0 Å². The molecule has 0 radical (unpaired) electrons. The summed E-state index contributed by atoms with van der Waals surface area (Å²) in [6, 6.07) is 0. The van der Waals surface area contributed by atoms with Crippen LogP contribution in [0.5, 0.6) is 11.5 Å². The van der Waals surface area contributed by atoms with Crippen molar-refractivity contribution in [2.24, 2.45) is 23.7 Å². The van der Waals surface area contributed by atoms with Crippen LogP contribution in [0.3, 0.4) is 0 Å². The number of fused-ring (bicyclic) bond motifs is 14. The van der Waals surface area contributed by atoms with E-state index in [2.05, 4.69) is 21.2 Å². The second-order valence-electron chi connectivity index (χ2n) is 13.5. The summed E-state index contributed by atoms with van der Waals surface area (Å²) in [7, 11) is 1.42. The number of rotatable bonds is 2. The molecule has 14 heteroatoms. The first-order chi connectivity index (χ1) is 23.8. The molecule has 0 saturated heterocycles. The predicted molar refractivity (Wildman–Crippen MR) is 187 cm³/mol. The fourth-order valence-electron chi connectivity index (χ4n) is 6.66. The molecule has 13 nitrogen and oxygen atoms in total. The van der Waals surface area contributed by atoms with E-state index in [1.54, 1.807) is 39.8 Å². The second kappa shape index (κ2) is 15.2. The van der Waals surface area contributed by atoms with Gasteiger partial charge in [-0.1, -0.05) is 45.9 Å². The SMILES string of the molecule is CO[C@@H]1/C=C/O[C@@]2(C)Oc3c(C)c(O)c4c(c3C2=O)C(=O)C(Br)=C(NC(=O)/C(C)=C/C=C/[C@H](C)[C@H](O)C(C)[C@H](O)[C@H](C)[C@H](OC(C)=O)[C@@H]1C)C4=O. The Balaban J connectivity index is 1.86. The quantitative estimate of drug-likeness (QED) is 0.311. The number of amides is 1. The number of nitrogens with one attached hydrogen (secondary N) is 1. The molecule has 0 aromatic heterocycles. The number of ether oxygens (including phenoxy) is 4. The standard InChI is InChI=1S/C37H44BrNO12/c1-15-11-10-12-16(2)36(47)39-27-26(38)31(44)23-24(32(27)45)30(43)20(6)34-25(23)35(46)37(8,51-34)49-14-13-22(48-9)17(3)33(50-21(7)40)19(5)29(42)18(4)28(15)41/h10-15,17-19,22,28-29,33,41-43H,1-9H3,(H,39,47)/b11-10+,14-13+,16-12+/t15-,17+,18?,19-,22+,28-,29-,33+,37-/m0/s1. The molecule has 1 aromatic carbocycles. The van der Waals surface area contributed by atoms with Gasteiger partial charge in [-0.15, -0.1) is 0 Å². The van der Waals surface area contributed by atoms with Gasteiger partial charge >= 0.3 is 11.8 Å². The first-order valence-corrected chi connectivity index (χ1v) is 17.3. The number of esters is 1. The highest BCUT2D eigenvalue weighted by Gasteiger charge is 2.52. The Morgan fingerprint density at radius 3 is 2.20 bits per heavy atom. The van der Waals surface area contributed by atoms with Crippen LogP contribution in [0, 0.1) is 30.6 Å². The van der Waals surface area contributed by atoms with Gasteiger partial charge in [-0.25, -0.2) is 0 Å². The minimum Gasteiger partial charge on any atom is -0.507 e. The van der Waals surface area contributed by atoms with Gasteiger partial charge in [-0.2, -0.15) is 0 Å². The lowest BCUT2D eigenvalue weighted by molar-refractivity contribution is -0.160. The molecule has 5 rings (SSSR count). The average molecular weight is 775 g/mol. The van der Waals surface area contributed by atoms with Gasteiger partial charge in [0, 0.05) is 55.8 Å². The first-order valence-electron chi connectivity index (χ1n) is 16.5. The van der Waals surface area contributed by atoms with Gasteiger partial charge < -0.3 is 39.6 Å². The minimum atomic E-state index is -2.05. The summed E-state index contributed by atoms with van der Waals surface area (Å²) in [6.07, 6.45) is 3.37. The van der Waals surface area contributed by atoms with Gasteiger partial charge in [0.1, 0.15) is 23.3 Å². The van der Waals surface area contributed by atoms with Crippen molar-refractivity contribution in [3.8, 4) is 11.5 Å². The number of allylic oxidation sites excluding steroid dienone is 4. The number of benzene rings is 1. The third-order valence-corrected chi connectivity index (χ3v) is 10.7. The fraction of sp³-hybridized carbons (Fsp3) is 0.486. The van der Waals surface area contributed by atoms with Gasteiger partial charge in [0.2, 0.25) is 11.6 Å². The number of aromatic hydroxyl groups is 1. The molecule has 0 fully saturated rings. The molecule has 1 unspecified atom stereocenters. The van der Waals surface area contributed by atoms with E-state index in [9.17, 15) is 39.3 Å². The number of ketones is 3. The van der Waals surface area contributed by atoms with Crippen LogP contribution in [0.25, 0.3) is 0 Å². The number of halogens is 1. The van der Waals surface area contributed by atoms with Gasteiger partial charge in [0.05, 0.1) is 45.7 Å². The summed E-state index contributed by atoms with van der Waals surface area (Å²) in [4.78, 5) is 67.0. The maximum absolute atomic E-state index is 14.0. The van der Waals surface area contributed by atoms with Crippen molar-refractivity contribution < 1.29 is 58.2 Å². The maximum atomic E-state index is 14.0. The van der Waals surface area contributed by atoms with E-state index < -0.39 is 106 Å². The molecule has 3 heterocycles. The van der Waals surface area contributed by atoms with Crippen LogP contribution in [0.4, 0.5) is 0 Å². The van der Waals surface area contributed by atoms with Crippen molar-refractivity contribution in [2.45, 2.75) is 85.6 Å². The fourth-order valence-corrected chi connectivity index (χ4v) is 7.13. The average Bonchev–Trinajstić information content (AvgIpc) is 3.35. The van der Waals surface area contributed by atoms with E-state index in [0.717, 1.165) is 6.26 Å². The highest BCUT2D eigenvalue weighted by Crippen LogP contribution is 2.49. The molecule has 1 amide bonds. The summed E-state index contributed by atoms with van der Waals surface area (Å²) < 4.78 is 22.8. The van der Waals surface area contributed by atoms with Crippen molar-refractivity contribution >= 4 is 45.2 Å². The predicted octanol–water partition coefficient (Wildman–Crippen LogP) is 4.35. The lowest BCUT2D eigenvalue weighted by atomic mass is 9.78. The summed E-state index contributed by atoms with van der Waals surface area (Å²) in [6.45, 7) is 12.3. The lowest BCUT2D eigenvalue weighted by Gasteiger charge is -2.38. The Labute approximate surface area is 304 Å². The van der Waals surface area contributed by atoms with Gasteiger partial charge in [0.15, 0.2) is 0 Å². The van der Waals surface area contributed by atoms with Crippen molar-refractivity contribution in [1.29, 1.82) is 0 Å². The molecule has 9 atom stereocenters. The molecule has 1 aromatic rings. The van der Waals surface area contributed by atoms with E-state index in [1.165, 1.54) is 47.0 Å². The molecule has 51 heavy (non-hydrogen) atoms. The number of aliphatic hydroxyl groups is 2. The molecular weight excluding hydrogens is 730 g/mol. The van der Waals surface area contributed by atoms with Gasteiger partial charge in [0.25, 0.3) is 11.7 Å². The Bertz CT molecular complexity index is 1780. The molecule has 1 aliphatic carbocycles. The number of methoxy groups -OCH3 is 1. The molecule has 276 valence electrons. The van der Waals surface area contributed by atoms with E-state index in [1.807, 2.05) is 0 Å². The van der Waals surface area contributed by atoms with Crippen LogP contribution in [-0.2, 0) is 23.8 Å². The smallest absolute Gasteiger partial charge is 0.312 e. The number of aliphatic hydroxyl groups excluding tert-OH is 2. The van der Waals surface area contributed by atoms with Crippen LogP contribution in [0.1, 0.15) is 85.1 Å². The van der Waals surface area contributed by atoms with E-state index in [0.29, 0.717) is 0 Å². The Morgan fingerprint density at radius 1 is 0.941 bits per heavy atom. The summed E-state index contributed by atoms with van der Waals surface area (Å²) >= 11 is 3.12. The number of hydrogen-bond acceptors (Lipinski definition) is 12. The third kappa shape index (κ3) is 7.32. The summed E-state index contributed by atoms with van der Waals surface area (Å²) in [5.41, 5.74) is -1.45. The van der Waals surface area contributed by atoms with E-state index in [4.69, 9.17) is 18.9 Å². The topological polar surface area (TPSA) is 195 Å². The van der Waals surface area contributed by atoms with Crippen LogP contribution in [0.15, 0.2) is 46.3 Å². The third-order valence-electron chi connectivity index (χ3n) is 9.90. The normalized spacial score (nSPS) is 34.2. The van der Waals surface area contributed by atoms with Crippen molar-refractivity contribution in [3.05, 3.63) is 68.6 Å². The van der Waals surface area contributed by atoms with Crippen LogP contribution in [-0.4, -0.2) is 81.9 Å². The van der Waals surface area contributed by atoms with Crippen LogP contribution >= 0.6 is 15.9 Å². The highest BCUT2D eigenvalue weighted by atomic mass is 79.9. The van der Waals surface area contributed by atoms with Crippen molar-refractivity contribution in [3.63, 3.8) is 0 Å². The van der Waals surface area contributed by atoms with Crippen LogP contribution < -0.4 is 10.1 Å². The Kier molecular flexibility index (Phi) is 11.9. The van der Waals surface area contributed by atoms with Crippen molar-refractivity contribution in [1.82, 2.24) is 5.32 Å². The van der Waals surface area contributed by atoms with Gasteiger partial charge in [-0.3, -0.25) is 24.0 Å². The highest BCUT2D eigenvalue weighted by molar-refractivity contribution is 9.12. The monoisotopic (exact) mass is 773 g/mol. The summed E-state index contributed by atoms with van der Waals surface area (Å²) in [5, 5.41) is 36.2. The molecule has 0 saturated carbocycles. The zero-order chi connectivity index (χ0) is 38.3. The lowest BCUT2D eigenvalue weighted by Crippen LogP contribution is -2.46. The largest absolute Gasteiger partial charge is 0.507 e. The number of carbonyl (C=O) groups excluding carboxylic acids is 5.